The number of nitriles is 1. The van der Waals surface area contributed by atoms with E-state index in [1.165, 1.54) is 0 Å². The Balaban J connectivity index is 2.46. The van der Waals surface area contributed by atoms with Crippen molar-refractivity contribution >= 4 is 5.69 Å². The van der Waals surface area contributed by atoms with Crippen molar-refractivity contribution in [2.45, 2.75) is 0 Å². The van der Waals surface area contributed by atoms with Crippen molar-refractivity contribution in [1.29, 1.82) is 5.26 Å². The summed E-state index contributed by atoms with van der Waals surface area (Å²) >= 11 is 0. The molecule has 0 aliphatic carbocycles. The molecule has 0 amide bonds. The predicted octanol–water partition coefficient (Wildman–Crippen LogP) is 2.29. The third-order valence-corrected chi connectivity index (χ3v) is 1.93. The molecule has 1 aromatic heterocycles. The van der Waals surface area contributed by atoms with Gasteiger partial charge in [0.1, 0.15) is 6.07 Å². The van der Waals surface area contributed by atoms with Crippen LogP contribution in [-0.2, 0) is 0 Å². The van der Waals surface area contributed by atoms with E-state index in [0.29, 0.717) is 11.4 Å². The van der Waals surface area contributed by atoms with Gasteiger partial charge in [-0.05, 0) is 18.2 Å². The molecule has 1 aromatic carbocycles. The average molecular weight is 194 g/mol. The second-order valence-corrected chi connectivity index (χ2v) is 2.89. The summed E-state index contributed by atoms with van der Waals surface area (Å²) in [5.41, 5.74) is 1.70. The second kappa shape index (κ2) is 3.65. The van der Waals surface area contributed by atoms with Gasteiger partial charge in [-0.3, -0.25) is 0 Å². The highest BCUT2D eigenvalue weighted by Crippen LogP contribution is 2.16. The maximum Gasteiger partial charge on any atom is 0.189 e. The number of benzene rings is 1. The van der Waals surface area contributed by atoms with Crippen molar-refractivity contribution in [3.8, 4) is 11.8 Å². The smallest absolute Gasteiger partial charge is 0.189 e. The molecule has 2 aromatic rings. The normalized spacial score (nSPS) is 9.20. The van der Waals surface area contributed by atoms with Gasteiger partial charge in [-0.25, -0.2) is 9.53 Å². The summed E-state index contributed by atoms with van der Waals surface area (Å²) in [5, 5.41) is 12.7. The first-order chi connectivity index (χ1) is 7.33. The number of hydrogen-bond donors (Lipinski definition) is 0. The van der Waals surface area contributed by atoms with Gasteiger partial charge in [-0.15, -0.1) is 0 Å². The van der Waals surface area contributed by atoms with Crippen LogP contribution in [0.15, 0.2) is 36.5 Å². The molecule has 0 fully saturated rings. The van der Waals surface area contributed by atoms with Crippen molar-refractivity contribution in [3.63, 3.8) is 0 Å². The first kappa shape index (κ1) is 8.98. The van der Waals surface area contributed by atoms with E-state index in [1.54, 1.807) is 35.1 Å². The van der Waals surface area contributed by atoms with Crippen LogP contribution in [-0.4, -0.2) is 9.78 Å². The molecule has 2 rings (SSSR count). The zero-order valence-corrected chi connectivity index (χ0v) is 7.75. The van der Waals surface area contributed by atoms with E-state index in [9.17, 15) is 0 Å². The maximum absolute atomic E-state index is 8.62. The van der Waals surface area contributed by atoms with Crippen LogP contribution in [0.5, 0.6) is 0 Å². The third kappa shape index (κ3) is 1.70. The molecule has 0 unspecified atom stereocenters. The lowest BCUT2D eigenvalue weighted by molar-refractivity contribution is 0.874. The Morgan fingerprint density at radius 2 is 2.27 bits per heavy atom. The molecule has 1 heterocycles. The van der Waals surface area contributed by atoms with Crippen LogP contribution in [0.25, 0.3) is 10.5 Å². The van der Waals surface area contributed by atoms with Gasteiger partial charge >= 0.3 is 0 Å². The van der Waals surface area contributed by atoms with Crippen LogP contribution in [0.2, 0.25) is 0 Å². The lowest BCUT2D eigenvalue weighted by Crippen LogP contribution is -1.94. The topological polar surface area (TPSA) is 46.0 Å². The van der Waals surface area contributed by atoms with Crippen LogP contribution in [0.1, 0.15) is 5.69 Å². The Hall–Kier alpha value is -2.59. The van der Waals surface area contributed by atoms with Gasteiger partial charge in [0, 0.05) is 6.20 Å². The molecule has 4 heteroatoms. The van der Waals surface area contributed by atoms with Crippen LogP contribution in [0, 0.1) is 17.9 Å². The quantitative estimate of drug-likeness (QED) is 0.654. The average Bonchev–Trinajstić information content (AvgIpc) is 2.78. The van der Waals surface area contributed by atoms with E-state index in [2.05, 4.69) is 9.94 Å². The predicted molar refractivity (Wildman–Crippen MR) is 54.5 cm³/mol. The van der Waals surface area contributed by atoms with Gasteiger partial charge < -0.3 is 0 Å². The zero-order chi connectivity index (χ0) is 10.7. The Morgan fingerprint density at radius 3 is 2.93 bits per heavy atom. The zero-order valence-electron chi connectivity index (χ0n) is 7.75. The summed E-state index contributed by atoms with van der Waals surface area (Å²) in [4.78, 5) is 3.33. The molecule has 0 atom stereocenters. The van der Waals surface area contributed by atoms with Crippen LogP contribution in [0.4, 0.5) is 5.69 Å². The minimum absolute atomic E-state index is 0.364. The lowest BCUT2D eigenvalue weighted by atomic mass is 10.3. The molecule has 0 spiro atoms. The molecule has 0 N–H and O–H groups in total. The van der Waals surface area contributed by atoms with Crippen molar-refractivity contribution in [3.05, 3.63) is 53.6 Å². The van der Waals surface area contributed by atoms with Crippen molar-refractivity contribution < 1.29 is 0 Å². The molecule has 4 nitrogen and oxygen atoms in total. The van der Waals surface area contributed by atoms with Gasteiger partial charge in [0.2, 0.25) is 0 Å². The van der Waals surface area contributed by atoms with Gasteiger partial charge in [-0.2, -0.15) is 10.4 Å². The Labute approximate surface area is 86.8 Å². The molecule has 15 heavy (non-hydrogen) atoms. The first-order valence-corrected chi connectivity index (χ1v) is 4.27. The maximum atomic E-state index is 8.62. The van der Waals surface area contributed by atoms with Crippen LogP contribution in [0.3, 0.4) is 0 Å². The number of rotatable bonds is 1. The molecular formula is C11H6N4. The van der Waals surface area contributed by atoms with Gasteiger partial charge in [0.05, 0.1) is 12.3 Å². The minimum atomic E-state index is 0.364. The summed E-state index contributed by atoms with van der Waals surface area (Å²) in [5.74, 6) is 0. The van der Waals surface area contributed by atoms with Crippen molar-refractivity contribution in [2.75, 3.05) is 0 Å². The molecule has 0 saturated carbocycles. The van der Waals surface area contributed by atoms with Gasteiger partial charge in [0.15, 0.2) is 11.4 Å². The fourth-order valence-corrected chi connectivity index (χ4v) is 1.23. The molecule has 0 radical (unpaired) electrons. The van der Waals surface area contributed by atoms with Crippen molar-refractivity contribution in [1.82, 2.24) is 9.78 Å². The van der Waals surface area contributed by atoms with E-state index >= 15 is 0 Å². The van der Waals surface area contributed by atoms with Crippen LogP contribution >= 0.6 is 0 Å². The van der Waals surface area contributed by atoms with Gasteiger partial charge in [-0.1, -0.05) is 12.1 Å². The van der Waals surface area contributed by atoms with E-state index in [1.807, 2.05) is 12.1 Å². The molecule has 0 bridgehead atoms. The van der Waals surface area contributed by atoms with Gasteiger partial charge in [0.25, 0.3) is 0 Å². The fourth-order valence-electron chi connectivity index (χ4n) is 1.23. The van der Waals surface area contributed by atoms with E-state index < -0.39 is 0 Å². The Bertz CT molecular complexity index is 569. The second-order valence-electron chi connectivity index (χ2n) is 2.89. The molecule has 0 saturated heterocycles. The monoisotopic (exact) mass is 194 g/mol. The summed E-state index contributed by atoms with van der Waals surface area (Å²) in [7, 11) is 0. The highest BCUT2D eigenvalue weighted by molar-refractivity contribution is 5.51. The summed E-state index contributed by atoms with van der Waals surface area (Å²) in [6.07, 6.45) is 1.70. The highest BCUT2D eigenvalue weighted by Gasteiger charge is 2.00. The summed E-state index contributed by atoms with van der Waals surface area (Å²) in [6.45, 7) is 6.89. The molecule has 0 aliphatic heterocycles. The lowest BCUT2D eigenvalue weighted by Gasteiger charge is -2.00. The fraction of sp³-hybridized carbons (Fsp3) is 0. The van der Waals surface area contributed by atoms with E-state index in [4.69, 9.17) is 11.8 Å². The minimum Gasteiger partial charge on any atom is -0.241 e. The number of aromatic nitrogens is 2. The van der Waals surface area contributed by atoms with Crippen LogP contribution < -0.4 is 0 Å². The van der Waals surface area contributed by atoms with E-state index in [-0.39, 0.29) is 0 Å². The third-order valence-electron chi connectivity index (χ3n) is 1.93. The number of nitrogens with zero attached hydrogens (tertiary/aromatic N) is 4. The molecule has 0 aliphatic rings. The SMILES string of the molecule is [C-]#[N+]c1cccc(-n2ccc(C#N)n2)c1. The molecular weight excluding hydrogens is 188 g/mol. The Kier molecular flexibility index (Phi) is 2.19. The summed E-state index contributed by atoms with van der Waals surface area (Å²) in [6, 6.07) is 10.7. The summed E-state index contributed by atoms with van der Waals surface area (Å²) < 4.78 is 1.58. The largest absolute Gasteiger partial charge is 0.241 e. The number of hydrogen-bond acceptors (Lipinski definition) is 2. The van der Waals surface area contributed by atoms with E-state index in [0.717, 1.165) is 5.69 Å². The highest BCUT2D eigenvalue weighted by atomic mass is 15.3. The van der Waals surface area contributed by atoms with Crippen molar-refractivity contribution in [2.24, 2.45) is 0 Å². The molecule has 70 valence electrons. The first-order valence-electron chi connectivity index (χ1n) is 4.27. The Morgan fingerprint density at radius 1 is 1.40 bits per heavy atom. The standard InChI is InChI=1S/C11H6N4/c1-13-9-3-2-4-11(7-9)15-6-5-10(8-12)14-15/h2-7H.